The topological polar surface area (TPSA) is 113 Å². The molecule has 1 fully saturated rings. The molecule has 0 aromatic heterocycles. The molecule has 1 aliphatic heterocycles. The molecule has 1 amide bonds. The first-order valence-corrected chi connectivity index (χ1v) is 8.25. The van der Waals surface area contributed by atoms with Gasteiger partial charge in [0.2, 0.25) is 5.91 Å². The third-order valence-electron chi connectivity index (χ3n) is 4.38. The van der Waals surface area contributed by atoms with Crippen molar-refractivity contribution in [2.24, 2.45) is 11.1 Å². The number of aliphatic hydroxyl groups is 2. The molecule has 0 saturated carbocycles. The van der Waals surface area contributed by atoms with E-state index in [1.165, 1.54) is 0 Å². The normalized spacial score (nSPS) is 24.9. The summed E-state index contributed by atoms with van der Waals surface area (Å²) < 4.78 is 5.23. The fraction of sp³-hybridized carbons (Fsp3) is 0.556. The first kappa shape index (κ1) is 19.4. The molecule has 1 aromatic carbocycles. The molecule has 1 heterocycles. The van der Waals surface area contributed by atoms with Gasteiger partial charge in [-0.05, 0) is 11.0 Å². The fourth-order valence-corrected chi connectivity index (χ4v) is 2.67. The van der Waals surface area contributed by atoms with Crippen LogP contribution in [0.3, 0.4) is 0 Å². The lowest BCUT2D eigenvalue weighted by Gasteiger charge is -2.32. The maximum atomic E-state index is 12.6. The van der Waals surface area contributed by atoms with E-state index in [4.69, 9.17) is 10.5 Å². The van der Waals surface area contributed by atoms with Crippen LogP contribution < -0.4 is 5.73 Å². The third kappa shape index (κ3) is 4.36. The van der Waals surface area contributed by atoms with E-state index in [-0.39, 0.29) is 13.2 Å². The highest BCUT2D eigenvalue weighted by molar-refractivity contribution is 5.89. The van der Waals surface area contributed by atoms with Crippen LogP contribution in [0.4, 0.5) is 0 Å². The zero-order valence-corrected chi connectivity index (χ0v) is 14.8. The number of esters is 1. The van der Waals surface area contributed by atoms with E-state index in [9.17, 15) is 19.8 Å². The second-order valence-corrected chi connectivity index (χ2v) is 7.43. The van der Waals surface area contributed by atoms with E-state index in [0.29, 0.717) is 0 Å². The fourth-order valence-electron chi connectivity index (χ4n) is 2.67. The van der Waals surface area contributed by atoms with Crippen LogP contribution in [0.1, 0.15) is 26.3 Å². The van der Waals surface area contributed by atoms with Crippen LogP contribution in [0.15, 0.2) is 30.3 Å². The highest BCUT2D eigenvalue weighted by Gasteiger charge is 2.49. The molecule has 7 heteroatoms. The summed E-state index contributed by atoms with van der Waals surface area (Å²) in [6, 6.07) is 6.94. The minimum atomic E-state index is -1.40. The Labute approximate surface area is 147 Å². The van der Waals surface area contributed by atoms with Crippen molar-refractivity contribution < 1.29 is 24.5 Å². The maximum Gasteiger partial charge on any atom is 0.332 e. The molecule has 2 rings (SSSR count). The van der Waals surface area contributed by atoms with E-state index < -0.39 is 41.6 Å². The van der Waals surface area contributed by atoms with Crippen molar-refractivity contribution in [1.82, 2.24) is 4.90 Å². The number of amides is 1. The first-order valence-electron chi connectivity index (χ1n) is 8.25. The SMILES string of the molecule is CC(C)(C)[C@H](N)C(=O)N1C[C@H](O)[C@H](O)[C@H]1C(=O)OCc1ccccc1. The lowest BCUT2D eigenvalue weighted by Crippen LogP contribution is -2.55. The van der Waals surface area contributed by atoms with Crippen molar-refractivity contribution in [3.8, 4) is 0 Å². The van der Waals surface area contributed by atoms with Gasteiger partial charge in [0.05, 0.1) is 12.6 Å². The average Bonchev–Trinajstić information content (AvgIpc) is 2.86. The summed E-state index contributed by atoms with van der Waals surface area (Å²) >= 11 is 0. The van der Waals surface area contributed by atoms with Crippen molar-refractivity contribution in [2.75, 3.05) is 6.54 Å². The first-order chi connectivity index (χ1) is 11.6. The number of carbonyl (C=O) groups excluding carboxylic acids is 2. The molecule has 0 bridgehead atoms. The van der Waals surface area contributed by atoms with Crippen LogP contribution in [0.5, 0.6) is 0 Å². The van der Waals surface area contributed by atoms with Gasteiger partial charge in [0.25, 0.3) is 0 Å². The molecule has 25 heavy (non-hydrogen) atoms. The Bertz CT molecular complexity index is 614. The molecule has 4 N–H and O–H groups in total. The summed E-state index contributed by atoms with van der Waals surface area (Å²) in [5.41, 5.74) is 6.25. The number of nitrogens with zero attached hydrogens (tertiary/aromatic N) is 1. The van der Waals surface area contributed by atoms with Gasteiger partial charge in [0.15, 0.2) is 6.04 Å². The second kappa shape index (κ2) is 7.51. The number of carbonyl (C=O) groups is 2. The van der Waals surface area contributed by atoms with Crippen LogP contribution in [0.2, 0.25) is 0 Å². The number of hydrogen-bond donors (Lipinski definition) is 3. The molecular weight excluding hydrogens is 324 g/mol. The zero-order chi connectivity index (χ0) is 18.8. The number of ether oxygens (including phenoxy) is 1. The number of likely N-dealkylation sites (tertiary alicyclic amines) is 1. The van der Waals surface area contributed by atoms with Gasteiger partial charge < -0.3 is 25.6 Å². The van der Waals surface area contributed by atoms with Gasteiger partial charge in [-0.2, -0.15) is 0 Å². The molecular formula is C18H26N2O5. The standard InChI is InChI=1S/C18H26N2O5/c1-18(2,3)15(19)16(23)20-9-12(21)14(22)13(20)17(24)25-10-11-7-5-4-6-8-11/h4-8,12-15,21-22H,9-10,19H2,1-3H3/t12-,13-,14-,15+/m0/s1. The molecule has 1 saturated heterocycles. The smallest absolute Gasteiger partial charge is 0.332 e. The summed E-state index contributed by atoms with van der Waals surface area (Å²) in [5, 5.41) is 20.1. The largest absolute Gasteiger partial charge is 0.459 e. The Morgan fingerprint density at radius 2 is 1.88 bits per heavy atom. The van der Waals surface area contributed by atoms with E-state index >= 15 is 0 Å². The Kier molecular flexibility index (Phi) is 5.82. The molecule has 0 unspecified atom stereocenters. The molecule has 1 aliphatic rings. The molecule has 0 radical (unpaired) electrons. The maximum absolute atomic E-state index is 12.6. The third-order valence-corrected chi connectivity index (χ3v) is 4.38. The van der Waals surface area contributed by atoms with Crippen molar-refractivity contribution >= 4 is 11.9 Å². The summed E-state index contributed by atoms with van der Waals surface area (Å²) in [4.78, 5) is 26.2. The number of aliphatic hydroxyl groups excluding tert-OH is 2. The molecule has 138 valence electrons. The van der Waals surface area contributed by atoms with Crippen molar-refractivity contribution in [2.45, 2.75) is 51.7 Å². The van der Waals surface area contributed by atoms with Crippen LogP contribution in [-0.2, 0) is 20.9 Å². The molecule has 1 aromatic rings. The number of β-amino-alcohol motifs (C(OH)–C–C–N with tert-alkyl or cyclic N) is 1. The summed E-state index contributed by atoms with van der Waals surface area (Å²) in [7, 11) is 0. The number of benzene rings is 1. The van der Waals surface area contributed by atoms with Gasteiger partial charge in [0, 0.05) is 0 Å². The van der Waals surface area contributed by atoms with Gasteiger partial charge in [-0.3, -0.25) is 4.79 Å². The average molecular weight is 350 g/mol. The van der Waals surface area contributed by atoms with E-state index in [1.807, 2.05) is 18.2 Å². The Morgan fingerprint density at radius 1 is 1.28 bits per heavy atom. The Hall–Kier alpha value is -1.96. The van der Waals surface area contributed by atoms with Gasteiger partial charge in [-0.15, -0.1) is 0 Å². The van der Waals surface area contributed by atoms with Gasteiger partial charge in [-0.25, -0.2) is 4.79 Å². The minimum absolute atomic E-state index is 0.0202. The van der Waals surface area contributed by atoms with Crippen molar-refractivity contribution in [1.29, 1.82) is 0 Å². The zero-order valence-electron chi connectivity index (χ0n) is 14.8. The number of rotatable bonds is 4. The molecule has 0 aliphatic carbocycles. The number of hydrogen-bond acceptors (Lipinski definition) is 6. The predicted molar refractivity (Wildman–Crippen MR) is 91.2 cm³/mol. The monoisotopic (exact) mass is 350 g/mol. The minimum Gasteiger partial charge on any atom is -0.459 e. The predicted octanol–water partition coefficient (Wildman–Crippen LogP) is 0.0358. The van der Waals surface area contributed by atoms with Gasteiger partial charge >= 0.3 is 5.97 Å². The van der Waals surface area contributed by atoms with Gasteiger partial charge in [0.1, 0.15) is 18.8 Å². The second-order valence-electron chi connectivity index (χ2n) is 7.43. The Balaban J connectivity index is 2.11. The highest BCUT2D eigenvalue weighted by atomic mass is 16.5. The molecule has 0 spiro atoms. The van der Waals surface area contributed by atoms with Crippen LogP contribution in [-0.4, -0.2) is 57.8 Å². The Morgan fingerprint density at radius 3 is 2.44 bits per heavy atom. The van der Waals surface area contributed by atoms with Crippen molar-refractivity contribution in [3.05, 3.63) is 35.9 Å². The van der Waals surface area contributed by atoms with Gasteiger partial charge in [-0.1, -0.05) is 51.1 Å². The molecule has 4 atom stereocenters. The summed E-state index contributed by atoms with van der Waals surface area (Å²) in [5.74, 6) is -1.26. The van der Waals surface area contributed by atoms with Crippen molar-refractivity contribution in [3.63, 3.8) is 0 Å². The van der Waals surface area contributed by atoms with E-state index in [1.54, 1.807) is 32.9 Å². The van der Waals surface area contributed by atoms with Crippen LogP contribution in [0, 0.1) is 5.41 Å². The van der Waals surface area contributed by atoms with E-state index in [2.05, 4.69) is 0 Å². The number of nitrogens with two attached hydrogens (primary N) is 1. The van der Waals surface area contributed by atoms with Crippen LogP contribution >= 0.6 is 0 Å². The summed E-state index contributed by atoms with van der Waals surface area (Å²) in [6.45, 7) is 5.28. The van der Waals surface area contributed by atoms with Crippen LogP contribution in [0.25, 0.3) is 0 Å². The lowest BCUT2D eigenvalue weighted by atomic mass is 9.86. The molecule has 7 nitrogen and oxygen atoms in total. The summed E-state index contributed by atoms with van der Waals surface area (Å²) in [6.07, 6.45) is -2.62. The van der Waals surface area contributed by atoms with E-state index in [0.717, 1.165) is 10.5 Å². The quantitative estimate of drug-likeness (QED) is 0.661. The lowest BCUT2D eigenvalue weighted by molar-refractivity contribution is -0.158. The highest BCUT2D eigenvalue weighted by Crippen LogP contribution is 2.25.